The van der Waals surface area contributed by atoms with Crippen molar-refractivity contribution in [1.29, 1.82) is 0 Å². The fourth-order valence-electron chi connectivity index (χ4n) is 3.08. The number of nitrogens with zero attached hydrogens (tertiary/aromatic N) is 2. The van der Waals surface area contributed by atoms with Crippen LogP contribution in [0.3, 0.4) is 0 Å². The lowest BCUT2D eigenvalue weighted by molar-refractivity contribution is -0.139. The molecule has 0 saturated carbocycles. The largest absolute Gasteiger partial charge is 0.352 e. The van der Waals surface area contributed by atoms with Crippen LogP contribution in [-0.4, -0.2) is 50.0 Å². The van der Waals surface area contributed by atoms with E-state index >= 15 is 0 Å². The van der Waals surface area contributed by atoms with Crippen molar-refractivity contribution in [3.05, 3.63) is 62.7 Å². The Labute approximate surface area is 214 Å². The Morgan fingerprint density at radius 2 is 1.70 bits per heavy atom. The monoisotopic (exact) mass is 605 g/mol. The molecule has 0 aliphatic heterocycles. The topological polar surface area (TPSA) is 86.8 Å². The molecular weight excluding hydrogens is 577 g/mol. The molecule has 2 aromatic carbocycles. The molecule has 2 atom stereocenters. The highest BCUT2D eigenvalue weighted by atomic mass is 127. The van der Waals surface area contributed by atoms with Crippen molar-refractivity contribution in [3.8, 4) is 0 Å². The molecule has 0 heterocycles. The van der Waals surface area contributed by atoms with E-state index in [9.17, 15) is 18.0 Å². The summed E-state index contributed by atoms with van der Waals surface area (Å²) in [5.74, 6) is -0.823. The maximum Gasteiger partial charge on any atom is 0.244 e. The molecule has 180 valence electrons. The van der Waals surface area contributed by atoms with Crippen LogP contribution in [0.5, 0.6) is 0 Å². The highest BCUT2D eigenvalue weighted by Gasteiger charge is 2.30. The van der Waals surface area contributed by atoms with E-state index in [1.165, 1.54) is 4.90 Å². The Bertz CT molecular complexity index is 1080. The number of rotatable bonds is 10. The summed E-state index contributed by atoms with van der Waals surface area (Å²) in [6.45, 7) is 5.09. The summed E-state index contributed by atoms with van der Waals surface area (Å²) in [5.41, 5.74) is 1.04. The van der Waals surface area contributed by atoms with Crippen LogP contribution in [0.1, 0.15) is 32.8 Å². The Balaban J connectivity index is 2.39. The lowest BCUT2D eigenvalue weighted by atomic mass is 10.1. The van der Waals surface area contributed by atoms with Gasteiger partial charge in [-0.25, -0.2) is 8.42 Å². The summed E-state index contributed by atoms with van der Waals surface area (Å²) in [5, 5.41) is 3.35. The first-order chi connectivity index (χ1) is 15.4. The molecule has 0 fully saturated rings. The molecule has 0 unspecified atom stereocenters. The summed E-state index contributed by atoms with van der Waals surface area (Å²) in [6, 6.07) is 13.0. The van der Waals surface area contributed by atoms with Crippen molar-refractivity contribution in [3.63, 3.8) is 0 Å². The lowest BCUT2D eigenvalue weighted by Crippen LogP contribution is -2.52. The third-order valence-corrected chi connectivity index (χ3v) is 7.49. The van der Waals surface area contributed by atoms with E-state index in [1.54, 1.807) is 55.5 Å². The highest BCUT2D eigenvalue weighted by Crippen LogP contribution is 2.22. The molecular formula is C23H29ClIN3O4S. The van der Waals surface area contributed by atoms with Crippen LogP contribution in [0.4, 0.5) is 5.69 Å². The van der Waals surface area contributed by atoms with E-state index in [2.05, 4.69) is 27.9 Å². The van der Waals surface area contributed by atoms with Crippen LogP contribution in [0.25, 0.3) is 0 Å². The van der Waals surface area contributed by atoms with Crippen molar-refractivity contribution in [1.82, 2.24) is 10.2 Å². The number of benzene rings is 2. The summed E-state index contributed by atoms with van der Waals surface area (Å²) in [7, 11) is -3.75. The van der Waals surface area contributed by atoms with Gasteiger partial charge < -0.3 is 10.2 Å². The number of anilines is 1. The van der Waals surface area contributed by atoms with Gasteiger partial charge in [0.2, 0.25) is 21.8 Å². The zero-order valence-electron chi connectivity index (χ0n) is 19.1. The van der Waals surface area contributed by atoms with Crippen LogP contribution in [0.15, 0.2) is 48.5 Å². The standard InChI is InChI=1S/C23H29ClIN3O4S/c1-5-16(2)26-23(30)17(3)27(14-18-8-6-7-9-21(18)24)22(29)15-28(33(4,31)32)20-12-10-19(25)11-13-20/h6-13,16-17H,5,14-15H2,1-4H3,(H,26,30)/t16-,17-/m0/s1. The van der Waals surface area contributed by atoms with Gasteiger partial charge in [0.1, 0.15) is 12.6 Å². The second kappa shape index (κ2) is 12.0. The molecule has 2 aromatic rings. The number of hydrogen-bond donors (Lipinski definition) is 1. The van der Waals surface area contributed by atoms with Crippen molar-refractivity contribution >= 4 is 61.7 Å². The number of hydrogen-bond acceptors (Lipinski definition) is 4. The maximum atomic E-state index is 13.5. The van der Waals surface area contributed by atoms with E-state index in [4.69, 9.17) is 11.6 Å². The Hall–Kier alpha value is -1.85. The fraction of sp³-hybridized carbons (Fsp3) is 0.391. The molecule has 10 heteroatoms. The van der Waals surface area contributed by atoms with Gasteiger partial charge in [0.05, 0.1) is 11.9 Å². The molecule has 0 aliphatic carbocycles. The maximum absolute atomic E-state index is 13.5. The first-order valence-corrected chi connectivity index (χ1v) is 13.8. The second-order valence-corrected chi connectivity index (χ2v) is 11.4. The van der Waals surface area contributed by atoms with Gasteiger partial charge in [0.25, 0.3) is 0 Å². The fourth-order valence-corrected chi connectivity index (χ4v) is 4.48. The number of amides is 2. The summed E-state index contributed by atoms with van der Waals surface area (Å²) >= 11 is 8.43. The van der Waals surface area contributed by atoms with Crippen molar-refractivity contribution in [2.24, 2.45) is 0 Å². The third kappa shape index (κ3) is 7.86. The van der Waals surface area contributed by atoms with Crippen LogP contribution < -0.4 is 9.62 Å². The minimum absolute atomic E-state index is 0.0588. The molecule has 2 amide bonds. The van der Waals surface area contributed by atoms with Gasteiger partial charge in [-0.3, -0.25) is 13.9 Å². The van der Waals surface area contributed by atoms with Crippen LogP contribution in [0, 0.1) is 3.57 Å². The van der Waals surface area contributed by atoms with Gasteiger partial charge in [-0.1, -0.05) is 36.7 Å². The molecule has 7 nitrogen and oxygen atoms in total. The predicted molar refractivity (Wildman–Crippen MR) is 141 cm³/mol. The van der Waals surface area contributed by atoms with E-state index in [0.717, 1.165) is 20.6 Å². The zero-order chi connectivity index (χ0) is 24.8. The van der Waals surface area contributed by atoms with Crippen LogP contribution >= 0.6 is 34.2 Å². The molecule has 33 heavy (non-hydrogen) atoms. The first-order valence-electron chi connectivity index (χ1n) is 10.5. The average Bonchev–Trinajstić information content (AvgIpc) is 2.76. The average molecular weight is 606 g/mol. The van der Waals surface area contributed by atoms with Gasteiger partial charge in [-0.05, 0) is 78.8 Å². The molecule has 2 rings (SSSR count). The molecule has 0 spiro atoms. The van der Waals surface area contributed by atoms with Crippen LogP contribution in [0.2, 0.25) is 5.02 Å². The van der Waals surface area contributed by atoms with Gasteiger partial charge in [0, 0.05) is 21.2 Å². The van der Waals surface area contributed by atoms with Crippen molar-refractivity contribution < 1.29 is 18.0 Å². The van der Waals surface area contributed by atoms with Gasteiger partial charge in [-0.15, -0.1) is 0 Å². The van der Waals surface area contributed by atoms with Crippen molar-refractivity contribution in [2.75, 3.05) is 17.1 Å². The summed E-state index contributed by atoms with van der Waals surface area (Å²) < 4.78 is 27.0. The Kier molecular flexibility index (Phi) is 9.99. The normalized spacial score (nSPS) is 13.2. The lowest BCUT2D eigenvalue weighted by Gasteiger charge is -2.32. The number of carbonyl (C=O) groups excluding carboxylic acids is 2. The molecule has 0 aliphatic rings. The van der Waals surface area contributed by atoms with E-state index in [-0.39, 0.29) is 18.5 Å². The minimum atomic E-state index is -3.75. The molecule has 0 radical (unpaired) electrons. The Morgan fingerprint density at radius 3 is 2.24 bits per heavy atom. The smallest absolute Gasteiger partial charge is 0.244 e. The van der Waals surface area contributed by atoms with E-state index in [1.807, 2.05) is 13.8 Å². The molecule has 0 aromatic heterocycles. The Morgan fingerprint density at radius 1 is 1.09 bits per heavy atom. The highest BCUT2D eigenvalue weighted by molar-refractivity contribution is 14.1. The quantitative estimate of drug-likeness (QED) is 0.414. The molecule has 1 N–H and O–H groups in total. The number of carbonyl (C=O) groups is 2. The van der Waals surface area contributed by atoms with Crippen molar-refractivity contribution in [2.45, 2.75) is 45.8 Å². The number of nitrogens with one attached hydrogen (secondary N) is 1. The second-order valence-electron chi connectivity index (χ2n) is 7.85. The molecule has 0 bridgehead atoms. The summed E-state index contributed by atoms with van der Waals surface area (Å²) in [6.07, 6.45) is 1.79. The zero-order valence-corrected chi connectivity index (χ0v) is 22.8. The SMILES string of the molecule is CC[C@H](C)NC(=O)[C@H](C)N(Cc1ccccc1Cl)C(=O)CN(c1ccc(I)cc1)S(C)(=O)=O. The van der Waals surface area contributed by atoms with Gasteiger partial charge >= 0.3 is 0 Å². The van der Waals surface area contributed by atoms with Gasteiger partial charge in [0.15, 0.2) is 0 Å². The predicted octanol–water partition coefficient (Wildman–Crippen LogP) is 4.04. The molecule has 0 saturated heterocycles. The summed E-state index contributed by atoms with van der Waals surface area (Å²) in [4.78, 5) is 27.7. The van der Waals surface area contributed by atoms with Crippen LogP contribution in [-0.2, 0) is 26.2 Å². The first kappa shape index (κ1) is 27.4. The van der Waals surface area contributed by atoms with E-state index < -0.39 is 28.5 Å². The number of sulfonamides is 1. The third-order valence-electron chi connectivity index (χ3n) is 5.26. The number of halogens is 2. The van der Waals surface area contributed by atoms with E-state index in [0.29, 0.717) is 16.3 Å². The van der Waals surface area contributed by atoms with Gasteiger partial charge in [-0.2, -0.15) is 0 Å². The minimum Gasteiger partial charge on any atom is -0.352 e.